The number of nitrogens with zero attached hydrogens (tertiary/aromatic N) is 4. The van der Waals surface area contributed by atoms with E-state index in [0.29, 0.717) is 17.8 Å². The summed E-state index contributed by atoms with van der Waals surface area (Å²) in [4.78, 5) is 11.2. The van der Waals surface area contributed by atoms with Crippen molar-refractivity contribution in [1.29, 1.82) is 0 Å². The molecule has 23 heavy (non-hydrogen) atoms. The molecule has 1 aliphatic rings. The van der Waals surface area contributed by atoms with Gasteiger partial charge in [-0.15, -0.1) is 0 Å². The summed E-state index contributed by atoms with van der Waals surface area (Å²) in [6, 6.07) is 4.25. The number of rotatable bonds is 5. The number of pyridine rings is 1. The van der Waals surface area contributed by atoms with Crippen LogP contribution in [0.15, 0.2) is 35.0 Å². The molecule has 2 aromatic heterocycles. The van der Waals surface area contributed by atoms with Crippen molar-refractivity contribution in [2.45, 2.75) is 32.7 Å². The molecule has 1 saturated heterocycles. The third-order valence-corrected chi connectivity index (χ3v) is 3.99. The van der Waals surface area contributed by atoms with E-state index in [1.807, 2.05) is 19.1 Å². The van der Waals surface area contributed by atoms with Gasteiger partial charge in [-0.05, 0) is 38.8 Å². The quantitative estimate of drug-likeness (QED) is 0.856. The van der Waals surface area contributed by atoms with E-state index >= 15 is 0 Å². The predicted octanol–water partition coefficient (Wildman–Crippen LogP) is 2.89. The van der Waals surface area contributed by atoms with E-state index in [0.717, 1.165) is 43.9 Å². The summed E-state index contributed by atoms with van der Waals surface area (Å²) >= 11 is 0. The van der Waals surface area contributed by atoms with Gasteiger partial charge in [0, 0.05) is 31.9 Å². The van der Waals surface area contributed by atoms with Gasteiger partial charge in [0.1, 0.15) is 5.82 Å². The second-order valence-electron chi connectivity index (χ2n) is 6.20. The Morgan fingerprint density at radius 1 is 1.43 bits per heavy atom. The highest BCUT2D eigenvalue weighted by Crippen LogP contribution is 2.26. The maximum atomic E-state index is 5.28. The molecular weight excluding hydrogens is 290 g/mol. The Kier molecular flexibility index (Phi) is 4.71. The van der Waals surface area contributed by atoms with Crippen LogP contribution < -0.4 is 5.32 Å². The summed E-state index contributed by atoms with van der Waals surface area (Å²) in [5, 5.41) is 7.40. The molecule has 0 saturated carbocycles. The van der Waals surface area contributed by atoms with E-state index < -0.39 is 0 Å². The van der Waals surface area contributed by atoms with Crippen LogP contribution in [0, 0.1) is 6.92 Å². The van der Waals surface area contributed by atoms with Gasteiger partial charge in [0.2, 0.25) is 0 Å². The van der Waals surface area contributed by atoms with E-state index in [2.05, 4.69) is 38.8 Å². The fourth-order valence-corrected chi connectivity index (χ4v) is 2.91. The highest BCUT2D eigenvalue weighted by atomic mass is 16.5. The summed E-state index contributed by atoms with van der Waals surface area (Å²) in [5.41, 5.74) is 2.08. The van der Waals surface area contributed by atoms with E-state index in [1.165, 1.54) is 5.57 Å². The molecule has 1 aliphatic heterocycles. The summed E-state index contributed by atoms with van der Waals surface area (Å²) in [5.74, 6) is 1.95. The number of hydrogen-bond acceptors (Lipinski definition) is 6. The van der Waals surface area contributed by atoms with Crippen molar-refractivity contribution in [2.24, 2.45) is 0 Å². The van der Waals surface area contributed by atoms with Crippen molar-refractivity contribution in [3.63, 3.8) is 0 Å². The average molecular weight is 313 g/mol. The number of likely N-dealkylation sites (tertiary alicyclic amines) is 1. The largest absolute Gasteiger partial charge is 0.367 e. The molecule has 0 aromatic carbocycles. The predicted molar refractivity (Wildman–Crippen MR) is 90.2 cm³/mol. The lowest BCUT2D eigenvalue weighted by Gasteiger charge is -2.32. The third kappa shape index (κ3) is 3.96. The molecule has 0 radical (unpaired) electrons. The van der Waals surface area contributed by atoms with Crippen LogP contribution >= 0.6 is 0 Å². The van der Waals surface area contributed by atoms with Gasteiger partial charge in [0.25, 0.3) is 5.89 Å². The molecule has 0 unspecified atom stereocenters. The Hall–Kier alpha value is -2.21. The van der Waals surface area contributed by atoms with Crippen LogP contribution in [-0.4, -0.2) is 45.7 Å². The number of aromatic nitrogens is 3. The summed E-state index contributed by atoms with van der Waals surface area (Å²) in [6.45, 7) is 11.0. The number of aryl methyl sites for hydroxylation is 1. The average Bonchev–Trinajstić information content (AvgIpc) is 2.96. The van der Waals surface area contributed by atoms with Crippen LogP contribution in [0.1, 0.15) is 25.6 Å². The van der Waals surface area contributed by atoms with Crippen molar-refractivity contribution in [3.8, 4) is 11.5 Å². The van der Waals surface area contributed by atoms with Gasteiger partial charge in [-0.25, -0.2) is 4.98 Å². The number of piperidine rings is 1. The first kappa shape index (κ1) is 15.7. The molecule has 3 heterocycles. The Bertz CT molecular complexity index is 673. The van der Waals surface area contributed by atoms with E-state index in [4.69, 9.17) is 4.52 Å². The van der Waals surface area contributed by atoms with Crippen molar-refractivity contribution >= 4 is 5.82 Å². The SMILES string of the molecule is C=C(C)CN1CCC(Nc2ncccc2-c2nc(C)no2)CC1. The fourth-order valence-electron chi connectivity index (χ4n) is 2.91. The molecule has 2 aromatic rings. The molecular formula is C17H23N5O. The normalized spacial score (nSPS) is 16.4. The Morgan fingerprint density at radius 2 is 2.22 bits per heavy atom. The van der Waals surface area contributed by atoms with Crippen LogP contribution in [0.2, 0.25) is 0 Å². The third-order valence-electron chi connectivity index (χ3n) is 3.99. The lowest BCUT2D eigenvalue weighted by Crippen LogP contribution is -2.39. The van der Waals surface area contributed by atoms with Crippen LogP contribution in [0.25, 0.3) is 11.5 Å². The van der Waals surface area contributed by atoms with Crippen LogP contribution in [-0.2, 0) is 0 Å². The van der Waals surface area contributed by atoms with Gasteiger partial charge in [-0.2, -0.15) is 4.98 Å². The Morgan fingerprint density at radius 3 is 2.87 bits per heavy atom. The minimum absolute atomic E-state index is 0.411. The van der Waals surface area contributed by atoms with Crippen LogP contribution in [0.3, 0.4) is 0 Å². The summed E-state index contributed by atoms with van der Waals surface area (Å²) < 4.78 is 5.28. The molecule has 6 heteroatoms. The highest BCUT2D eigenvalue weighted by Gasteiger charge is 2.21. The molecule has 0 aliphatic carbocycles. The van der Waals surface area contributed by atoms with Gasteiger partial charge in [0.15, 0.2) is 5.82 Å². The molecule has 0 spiro atoms. The van der Waals surface area contributed by atoms with Gasteiger partial charge in [-0.3, -0.25) is 4.90 Å². The van der Waals surface area contributed by atoms with E-state index in [-0.39, 0.29) is 0 Å². The molecule has 0 amide bonds. The van der Waals surface area contributed by atoms with Gasteiger partial charge in [-0.1, -0.05) is 17.3 Å². The van der Waals surface area contributed by atoms with Gasteiger partial charge < -0.3 is 9.84 Å². The maximum absolute atomic E-state index is 5.28. The van der Waals surface area contributed by atoms with Crippen LogP contribution in [0.5, 0.6) is 0 Å². The first-order valence-electron chi connectivity index (χ1n) is 8.01. The van der Waals surface area contributed by atoms with Crippen LogP contribution in [0.4, 0.5) is 5.82 Å². The monoisotopic (exact) mass is 313 g/mol. The van der Waals surface area contributed by atoms with Crippen molar-refractivity contribution in [2.75, 3.05) is 25.0 Å². The smallest absolute Gasteiger partial charge is 0.261 e. The van der Waals surface area contributed by atoms with Crippen molar-refractivity contribution in [1.82, 2.24) is 20.0 Å². The second kappa shape index (κ2) is 6.91. The van der Waals surface area contributed by atoms with E-state index in [9.17, 15) is 0 Å². The number of anilines is 1. The standard InChI is InChI=1S/C17H23N5O/c1-12(2)11-22-9-6-14(7-10-22)20-16-15(5-4-8-18-16)17-19-13(3)21-23-17/h4-5,8,14H,1,6-7,9-11H2,2-3H3,(H,18,20). The van der Waals surface area contributed by atoms with Crippen molar-refractivity contribution < 1.29 is 4.52 Å². The topological polar surface area (TPSA) is 67.1 Å². The van der Waals surface area contributed by atoms with Crippen molar-refractivity contribution in [3.05, 3.63) is 36.3 Å². The second-order valence-corrected chi connectivity index (χ2v) is 6.20. The van der Waals surface area contributed by atoms with E-state index in [1.54, 1.807) is 6.20 Å². The minimum atomic E-state index is 0.411. The Labute approximate surface area is 136 Å². The summed E-state index contributed by atoms with van der Waals surface area (Å²) in [7, 11) is 0. The number of nitrogens with one attached hydrogen (secondary N) is 1. The zero-order chi connectivity index (χ0) is 16.2. The Balaban J connectivity index is 1.66. The molecule has 1 fully saturated rings. The lowest BCUT2D eigenvalue weighted by atomic mass is 10.0. The zero-order valence-electron chi connectivity index (χ0n) is 13.7. The molecule has 122 valence electrons. The molecule has 3 rings (SSSR count). The lowest BCUT2D eigenvalue weighted by molar-refractivity contribution is 0.235. The minimum Gasteiger partial charge on any atom is -0.367 e. The fraction of sp³-hybridized carbons (Fsp3) is 0.471. The summed E-state index contributed by atoms with van der Waals surface area (Å²) in [6.07, 6.45) is 3.96. The zero-order valence-corrected chi connectivity index (χ0v) is 13.7. The first-order chi connectivity index (χ1) is 11.1. The molecule has 0 atom stereocenters. The molecule has 1 N–H and O–H groups in total. The first-order valence-corrected chi connectivity index (χ1v) is 8.01. The number of hydrogen-bond donors (Lipinski definition) is 1. The highest BCUT2D eigenvalue weighted by molar-refractivity contribution is 5.68. The maximum Gasteiger partial charge on any atom is 0.261 e. The molecule has 0 bridgehead atoms. The van der Waals surface area contributed by atoms with Gasteiger partial charge in [0.05, 0.1) is 5.56 Å². The molecule has 6 nitrogen and oxygen atoms in total. The van der Waals surface area contributed by atoms with Gasteiger partial charge >= 0.3 is 0 Å².